The normalized spacial score (nSPS) is 11.3. The lowest BCUT2D eigenvalue weighted by atomic mass is 9.87. The van der Waals surface area contributed by atoms with Gasteiger partial charge in [0.05, 0.1) is 11.1 Å². The summed E-state index contributed by atoms with van der Waals surface area (Å²) in [5.74, 6) is 0.829. The third-order valence-corrected chi connectivity index (χ3v) is 4.68. The second-order valence-corrected chi connectivity index (χ2v) is 8.45. The van der Waals surface area contributed by atoms with E-state index >= 15 is 0 Å². The van der Waals surface area contributed by atoms with Gasteiger partial charge in [-0.15, -0.1) is 0 Å². The number of hydrogen-bond donors (Lipinski definition) is 2. The van der Waals surface area contributed by atoms with Crippen LogP contribution in [0.25, 0.3) is 0 Å². The van der Waals surface area contributed by atoms with Gasteiger partial charge in [0.25, 0.3) is 0 Å². The summed E-state index contributed by atoms with van der Waals surface area (Å²) in [5, 5.41) is 5.67. The van der Waals surface area contributed by atoms with E-state index in [2.05, 4.69) is 66.4 Å². The first-order valence-electron chi connectivity index (χ1n) is 9.87. The Bertz CT molecular complexity index is 559. The van der Waals surface area contributed by atoms with E-state index in [1.165, 1.54) is 5.56 Å². The minimum Gasteiger partial charge on any atom is -0.492 e. The highest BCUT2D eigenvalue weighted by molar-refractivity contribution is 9.10. The van der Waals surface area contributed by atoms with Crippen molar-refractivity contribution in [2.45, 2.75) is 58.8 Å². The molecule has 0 bridgehead atoms. The van der Waals surface area contributed by atoms with Crippen LogP contribution in [0.4, 0.5) is 4.79 Å². The Morgan fingerprint density at radius 1 is 1.04 bits per heavy atom. The molecular formula is C21H35BrN2O3. The van der Waals surface area contributed by atoms with Crippen LogP contribution < -0.4 is 15.4 Å². The van der Waals surface area contributed by atoms with Crippen molar-refractivity contribution in [1.82, 2.24) is 10.6 Å². The Morgan fingerprint density at radius 3 is 2.26 bits per heavy atom. The number of unbranched alkanes of at least 4 members (excludes halogenated alkanes) is 1. The maximum atomic E-state index is 11.7. The summed E-state index contributed by atoms with van der Waals surface area (Å²) in [5.41, 5.74) is 1.37. The second-order valence-electron chi connectivity index (χ2n) is 7.60. The van der Waals surface area contributed by atoms with Gasteiger partial charge in [-0.05, 0) is 58.3 Å². The molecule has 2 N–H and O–H groups in total. The molecule has 0 aromatic heterocycles. The van der Waals surface area contributed by atoms with E-state index in [1.54, 1.807) is 0 Å². The number of carbonyl (C=O) groups excluding carboxylic acids is 1. The molecule has 1 rings (SSSR count). The Kier molecular flexibility index (Phi) is 11.4. The molecule has 0 saturated carbocycles. The summed E-state index contributed by atoms with van der Waals surface area (Å²) in [6, 6.07) is 6.05. The van der Waals surface area contributed by atoms with Crippen LogP contribution in [0.2, 0.25) is 0 Å². The number of halogens is 1. The number of rotatable bonds is 12. The molecule has 0 heterocycles. The Labute approximate surface area is 172 Å². The van der Waals surface area contributed by atoms with E-state index < -0.39 is 0 Å². The molecule has 0 aliphatic carbocycles. The average molecular weight is 443 g/mol. The summed E-state index contributed by atoms with van der Waals surface area (Å²) >= 11 is 3.57. The van der Waals surface area contributed by atoms with Gasteiger partial charge in [0, 0.05) is 26.3 Å². The van der Waals surface area contributed by atoms with Crippen LogP contribution in [-0.2, 0) is 10.2 Å². The van der Waals surface area contributed by atoms with E-state index in [1.807, 2.05) is 6.07 Å². The third kappa shape index (κ3) is 10.6. The van der Waals surface area contributed by atoms with Gasteiger partial charge in [-0.2, -0.15) is 0 Å². The average Bonchev–Trinajstić information content (AvgIpc) is 2.61. The molecule has 0 atom stereocenters. The van der Waals surface area contributed by atoms with Crippen LogP contribution in [0.1, 0.15) is 58.9 Å². The fourth-order valence-corrected chi connectivity index (χ4v) is 2.82. The molecule has 154 valence electrons. The van der Waals surface area contributed by atoms with Crippen molar-refractivity contribution in [1.29, 1.82) is 0 Å². The minimum absolute atomic E-state index is 0.111. The molecule has 1 aromatic carbocycles. The lowest BCUT2D eigenvalue weighted by molar-refractivity contribution is 0.129. The minimum atomic E-state index is -0.140. The molecule has 0 aliphatic heterocycles. The molecule has 27 heavy (non-hydrogen) atoms. The summed E-state index contributed by atoms with van der Waals surface area (Å²) < 4.78 is 12.2. The van der Waals surface area contributed by atoms with Crippen molar-refractivity contribution in [2.75, 3.05) is 32.9 Å². The van der Waals surface area contributed by atoms with Crippen LogP contribution in [0.5, 0.6) is 5.75 Å². The van der Waals surface area contributed by atoms with Crippen molar-refractivity contribution < 1.29 is 14.3 Å². The molecule has 1 aromatic rings. The van der Waals surface area contributed by atoms with Gasteiger partial charge in [-0.1, -0.05) is 40.2 Å². The van der Waals surface area contributed by atoms with E-state index in [-0.39, 0.29) is 11.4 Å². The summed E-state index contributed by atoms with van der Waals surface area (Å²) in [6.07, 6.45) is 3.82. The van der Waals surface area contributed by atoms with Crippen LogP contribution in [0.3, 0.4) is 0 Å². The predicted octanol–water partition coefficient (Wildman–Crippen LogP) is 5.02. The molecule has 5 nitrogen and oxygen atoms in total. The second kappa shape index (κ2) is 13.0. The molecule has 0 spiro atoms. The molecule has 0 unspecified atom stereocenters. The van der Waals surface area contributed by atoms with E-state index in [0.29, 0.717) is 26.3 Å². The first kappa shape index (κ1) is 23.8. The fourth-order valence-electron chi connectivity index (χ4n) is 2.33. The van der Waals surface area contributed by atoms with Crippen molar-refractivity contribution in [3.8, 4) is 5.75 Å². The van der Waals surface area contributed by atoms with Crippen LogP contribution in [-0.4, -0.2) is 38.9 Å². The van der Waals surface area contributed by atoms with Gasteiger partial charge < -0.3 is 20.1 Å². The molecule has 0 saturated heterocycles. The van der Waals surface area contributed by atoms with Gasteiger partial charge in [0.15, 0.2) is 0 Å². The Morgan fingerprint density at radius 2 is 1.67 bits per heavy atom. The zero-order chi connectivity index (χ0) is 20.1. The van der Waals surface area contributed by atoms with Gasteiger partial charge in [-0.3, -0.25) is 0 Å². The number of ether oxygens (including phenoxy) is 2. The van der Waals surface area contributed by atoms with Gasteiger partial charge >= 0.3 is 6.03 Å². The van der Waals surface area contributed by atoms with E-state index in [9.17, 15) is 4.79 Å². The molecular weight excluding hydrogens is 408 g/mol. The van der Waals surface area contributed by atoms with Crippen molar-refractivity contribution in [2.24, 2.45) is 0 Å². The summed E-state index contributed by atoms with van der Waals surface area (Å²) in [6.45, 7) is 12.0. The number of benzene rings is 1. The zero-order valence-electron chi connectivity index (χ0n) is 17.2. The topological polar surface area (TPSA) is 59.6 Å². The first-order chi connectivity index (χ1) is 12.8. The van der Waals surface area contributed by atoms with E-state index in [0.717, 1.165) is 42.5 Å². The highest BCUT2D eigenvalue weighted by atomic mass is 79.9. The van der Waals surface area contributed by atoms with Crippen molar-refractivity contribution >= 4 is 22.0 Å². The first-order valence-corrected chi connectivity index (χ1v) is 10.7. The molecule has 0 fully saturated rings. The fraction of sp³-hybridized carbons (Fsp3) is 0.667. The number of carbonyl (C=O) groups is 1. The van der Waals surface area contributed by atoms with Crippen LogP contribution >= 0.6 is 15.9 Å². The van der Waals surface area contributed by atoms with Crippen LogP contribution in [0, 0.1) is 0 Å². The highest BCUT2D eigenvalue weighted by Gasteiger charge is 2.15. The molecule has 0 aliphatic rings. The van der Waals surface area contributed by atoms with Crippen LogP contribution in [0.15, 0.2) is 22.7 Å². The standard InChI is InChI=1S/C21H35BrN2O3/c1-5-6-13-26-14-7-11-23-20(25)24-12-8-15-27-19-10-9-17(16-18(19)22)21(2,3)4/h9-10,16H,5-8,11-15H2,1-4H3,(H2,23,24,25). The lowest BCUT2D eigenvalue weighted by Crippen LogP contribution is -2.37. The third-order valence-electron chi connectivity index (χ3n) is 4.06. The maximum Gasteiger partial charge on any atom is 0.314 e. The number of amides is 2. The number of hydrogen-bond acceptors (Lipinski definition) is 3. The SMILES string of the molecule is CCCCOCCCNC(=O)NCCCOc1ccc(C(C)(C)C)cc1Br. The summed E-state index contributed by atoms with van der Waals surface area (Å²) in [7, 11) is 0. The van der Waals surface area contributed by atoms with E-state index in [4.69, 9.17) is 9.47 Å². The molecule has 6 heteroatoms. The van der Waals surface area contributed by atoms with Crippen molar-refractivity contribution in [3.05, 3.63) is 28.2 Å². The smallest absolute Gasteiger partial charge is 0.314 e. The predicted molar refractivity (Wildman–Crippen MR) is 115 cm³/mol. The van der Waals surface area contributed by atoms with Gasteiger partial charge in [-0.25, -0.2) is 4.79 Å². The number of nitrogens with one attached hydrogen (secondary N) is 2. The molecule has 0 radical (unpaired) electrons. The molecule has 2 amide bonds. The summed E-state index contributed by atoms with van der Waals surface area (Å²) in [4.78, 5) is 11.7. The monoisotopic (exact) mass is 442 g/mol. The van der Waals surface area contributed by atoms with Gasteiger partial charge in [0.1, 0.15) is 5.75 Å². The lowest BCUT2D eigenvalue weighted by Gasteiger charge is -2.20. The van der Waals surface area contributed by atoms with Gasteiger partial charge in [0.2, 0.25) is 0 Å². The Balaban J connectivity index is 2.10. The number of urea groups is 1. The quantitative estimate of drug-likeness (QED) is 0.446. The largest absolute Gasteiger partial charge is 0.492 e. The zero-order valence-corrected chi connectivity index (χ0v) is 18.8. The Hall–Kier alpha value is -1.27. The van der Waals surface area contributed by atoms with Crippen molar-refractivity contribution in [3.63, 3.8) is 0 Å². The highest BCUT2D eigenvalue weighted by Crippen LogP contribution is 2.31. The maximum absolute atomic E-state index is 11.7.